The van der Waals surface area contributed by atoms with Crippen LogP contribution < -0.4 is 5.32 Å². The lowest BCUT2D eigenvalue weighted by atomic mass is 9.93. The molecular formula is C15H32NO5P. The second-order valence-corrected chi connectivity index (χ2v) is 10.2. The van der Waals surface area contributed by atoms with Gasteiger partial charge in [0.1, 0.15) is 6.61 Å². The minimum atomic E-state index is -3.62. The van der Waals surface area contributed by atoms with Crippen LogP contribution in [0.15, 0.2) is 0 Å². The fraction of sp³-hybridized carbons (Fsp3) is 0.933. The topological polar surface area (TPSA) is 84.9 Å². The average Bonchev–Trinajstić information content (AvgIpc) is 2.31. The van der Waals surface area contributed by atoms with Gasteiger partial charge in [0.05, 0.1) is 11.8 Å². The van der Waals surface area contributed by atoms with E-state index in [1.165, 1.54) is 0 Å². The number of rotatable bonds is 9. The Morgan fingerprint density at radius 3 is 2.23 bits per heavy atom. The molecule has 0 aliphatic rings. The van der Waals surface area contributed by atoms with Gasteiger partial charge in [0.2, 0.25) is 5.91 Å². The summed E-state index contributed by atoms with van der Waals surface area (Å²) in [5.74, 6) is -0.183. The normalized spacial score (nSPS) is 15.4. The van der Waals surface area contributed by atoms with Crippen molar-refractivity contribution in [3.63, 3.8) is 0 Å². The maximum absolute atomic E-state index is 11.8. The van der Waals surface area contributed by atoms with E-state index in [1.54, 1.807) is 20.8 Å². The highest BCUT2D eigenvalue weighted by molar-refractivity contribution is 7.54. The molecule has 0 aliphatic heterocycles. The number of hydrogen-bond donors (Lipinski definition) is 2. The predicted molar refractivity (Wildman–Crippen MR) is 88.0 cm³/mol. The van der Waals surface area contributed by atoms with E-state index in [9.17, 15) is 14.3 Å². The summed E-state index contributed by atoms with van der Waals surface area (Å²) in [6.07, 6.45) is 1.38. The fourth-order valence-electron chi connectivity index (χ4n) is 1.28. The van der Waals surface area contributed by atoms with Crippen LogP contribution in [0.2, 0.25) is 0 Å². The molecule has 0 saturated heterocycles. The van der Waals surface area contributed by atoms with Crippen molar-refractivity contribution < 1.29 is 23.5 Å². The third-order valence-electron chi connectivity index (χ3n) is 2.99. The molecule has 0 rings (SSSR count). The van der Waals surface area contributed by atoms with Gasteiger partial charge in [-0.05, 0) is 39.0 Å². The van der Waals surface area contributed by atoms with Crippen molar-refractivity contribution in [3.05, 3.63) is 0 Å². The van der Waals surface area contributed by atoms with E-state index in [4.69, 9.17) is 9.26 Å². The molecule has 6 nitrogen and oxygen atoms in total. The molecule has 1 unspecified atom stereocenters. The zero-order valence-corrected chi connectivity index (χ0v) is 15.7. The maximum Gasteiger partial charge on any atom is 0.333 e. The highest BCUT2D eigenvalue weighted by Crippen LogP contribution is 2.54. The standard InChI is InChI=1S/C15H32NO5P/c1-14(2,3)8-11-20-12-13(17)16-9-7-10-21-22(18,19)15(4,5)6/h7-12H2,1-6H3,(H,16,17)(H,18,19). The molecule has 22 heavy (non-hydrogen) atoms. The Kier molecular flexibility index (Phi) is 8.85. The van der Waals surface area contributed by atoms with Crippen LogP contribution in [0.5, 0.6) is 0 Å². The van der Waals surface area contributed by atoms with Gasteiger partial charge in [-0.1, -0.05) is 20.8 Å². The van der Waals surface area contributed by atoms with Gasteiger partial charge in [-0.2, -0.15) is 0 Å². The van der Waals surface area contributed by atoms with Crippen LogP contribution in [0.3, 0.4) is 0 Å². The first-order valence-corrected chi connectivity index (χ1v) is 9.25. The van der Waals surface area contributed by atoms with Crippen LogP contribution in [0, 0.1) is 5.41 Å². The molecule has 0 fully saturated rings. The first kappa shape index (κ1) is 21.6. The van der Waals surface area contributed by atoms with Crippen molar-refractivity contribution in [2.45, 2.75) is 59.5 Å². The summed E-state index contributed by atoms with van der Waals surface area (Å²) in [7, 11) is -3.62. The Balaban J connectivity index is 3.68. The molecule has 1 atom stereocenters. The van der Waals surface area contributed by atoms with Gasteiger partial charge in [0, 0.05) is 13.2 Å². The van der Waals surface area contributed by atoms with Gasteiger partial charge in [-0.25, -0.2) is 0 Å². The smallest absolute Gasteiger partial charge is 0.333 e. The van der Waals surface area contributed by atoms with E-state index < -0.39 is 12.8 Å². The highest BCUT2D eigenvalue weighted by Gasteiger charge is 2.35. The Morgan fingerprint density at radius 1 is 1.14 bits per heavy atom. The quantitative estimate of drug-likeness (QED) is 0.499. The van der Waals surface area contributed by atoms with Gasteiger partial charge < -0.3 is 19.5 Å². The molecule has 132 valence electrons. The predicted octanol–water partition coefficient (Wildman–Crippen LogP) is 2.95. The summed E-state index contributed by atoms with van der Waals surface area (Å²) < 4.78 is 22.2. The summed E-state index contributed by atoms with van der Waals surface area (Å²) in [6.45, 7) is 12.5. The second-order valence-electron chi connectivity index (χ2n) is 7.59. The number of nitrogens with one attached hydrogen (secondary N) is 1. The molecule has 0 bridgehead atoms. The van der Waals surface area contributed by atoms with Gasteiger partial charge in [0.15, 0.2) is 0 Å². The van der Waals surface area contributed by atoms with E-state index in [-0.39, 0.29) is 24.5 Å². The number of ether oxygens (including phenoxy) is 1. The first-order chi connectivity index (χ1) is 9.85. The van der Waals surface area contributed by atoms with Crippen LogP contribution in [-0.4, -0.2) is 42.3 Å². The number of hydrogen-bond acceptors (Lipinski definition) is 4. The van der Waals surface area contributed by atoms with Crippen LogP contribution in [-0.2, 0) is 18.6 Å². The third-order valence-corrected chi connectivity index (χ3v) is 5.21. The number of carbonyl (C=O) groups excluding carboxylic acids is 1. The Labute approximate surface area is 134 Å². The van der Waals surface area contributed by atoms with Crippen molar-refractivity contribution in [1.29, 1.82) is 0 Å². The summed E-state index contributed by atoms with van der Waals surface area (Å²) in [4.78, 5) is 21.2. The van der Waals surface area contributed by atoms with Crippen molar-refractivity contribution in [1.82, 2.24) is 5.32 Å². The zero-order chi connectivity index (χ0) is 17.4. The summed E-state index contributed by atoms with van der Waals surface area (Å²) in [5, 5.41) is 1.90. The van der Waals surface area contributed by atoms with Crippen molar-refractivity contribution in [2.75, 3.05) is 26.4 Å². The molecule has 0 aromatic rings. The van der Waals surface area contributed by atoms with E-state index >= 15 is 0 Å². The molecule has 7 heteroatoms. The molecular weight excluding hydrogens is 305 g/mol. The second kappa shape index (κ2) is 9.02. The van der Waals surface area contributed by atoms with Gasteiger partial charge >= 0.3 is 7.60 Å². The Morgan fingerprint density at radius 2 is 1.73 bits per heavy atom. The Hall–Kier alpha value is -0.420. The summed E-state index contributed by atoms with van der Waals surface area (Å²) >= 11 is 0. The van der Waals surface area contributed by atoms with E-state index in [2.05, 4.69) is 26.1 Å². The van der Waals surface area contributed by atoms with Crippen LogP contribution in [0.4, 0.5) is 0 Å². The summed E-state index contributed by atoms with van der Waals surface area (Å²) in [6, 6.07) is 0. The minimum absolute atomic E-state index is 0.0391. The maximum atomic E-state index is 11.8. The third kappa shape index (κ3) is 10.3. The van der Waals surface area contributed by atoms with Gasteiger partial charge in [0.25, 0.3) is 0 Å². The molecule has 0 aliphatic carbocycles. The average molecular weight is 337 g/mol. The van der Waals surface area contributed by atoms with Crippen LogP contribution in [0.25, 0.3) is 0 Å². The lowest BCUT2D eigenvalue weighted by Gasteiger charge is -2.24. The molecule has 2 N–H and O–H groups in total. The van der Waals surface area contributed by atoms with Crippen molar-refractivity contribution in [3.8, 4) is 0 Å². The largest absolute Gasteiger partial charge is 0.372 e. The van der Waals surface area contributed by atoms with Crippen molar-refractivity contribution >= 4 is 13.5 Å². The molecule has 1 amide bonds. The molecule has 0 heterocycles. The van der Waals surface area contributed by atoms with Crippen LogP contribution in [0.1, 0.15) is 54.4 Å². The molecule has 0 spiro atoms. The zero-order valence-electron chi connectivity index (χ0n) is 14.8. The number of amides is 1. The molecule has 0 saturated carbocycles. The van der Waals surface area contributed by atoms with Gasteiger partial charge in [-0.15, -0.1) is 0 Å². The monoisotopic (exact) mass is 337 g/mol. The van der Waals surface area contributed by atoms with Gasteiger partial charge in [-0.3, -0.25) is 9.36 Å². The summed E-state index contributed by atoms with van der Waals surface area (Å²) in [5.41, 5.74) is 0.194. The highest BCUT2D eigenvalue weighted by atomic mass is 31.2. The van der Waals surface area contributed by atoms with E-state index in [0.717, 1.165) is 6.42 Å². The molecule has 0 aromatic carbocycles. The SMILES string of the molecule is CC(C)(C)CCOCC(=O)NCCCOP(=O)(O)C(C)(C)C. The lowest BCUT2D eigenvalue weighted by Crippen LogP contribution is -2.29. The number of carbonyl (C=O) groups is 1. The van der Waals surface area contributed by atoms with E-state index in [0.29, 0.717) is 19.6 Å². The Bertz CT molecular complexity index is 384. The minimum Gasteiger partial charge on any atom is -0.372 e. The van der Waals surface area contributed by atoms with Crippen LogP contribution >= 0.6 is 7.60 Å². The first-order valence-electron chi connectivity index (χ1n) is 7.67. The fourth-order valence-corrected chi connectivity index (χ4v) is 2.04. The molecule has 0 radical (unpaired) electrons. The van der Waals surface area contributed by atoms with Crippen molar-refractivity contribution in [2.24, 2.45) is 5.41 Å². The molecule has 0 aromatic heterocycles. The lowest BCUT2D eigenvalue weighted by molar-refractivity contribution is -0.125. The van der Waals surface area contributed by atoms with E-state index in [1.807, 2.05) is 0 Å².